The fraction of sp³-hybridized carbons (Fsp3) is 0. The fourth-order valence-corrected chi connectivity index (χ4v) is 2.27. The van der Waals surface area contributed by atoms with Gasteiger partial charge in [0, 0.05) is 17.7 Å². The van der Waals surface area contributed by atoms with Gasteiger partial charge in [0.15, 0.2) is 0 Å². The van der Waals surface area contributed by atoms with Gasteiger partial charge in [0.25, 0.3) is 11.6 Å². The molecule has 0 heterocycles. The summed E-state index contributed by atoms with van der Waals surface area (Å²) in [5, 5.41) is 27.4. The summed E-state index contributed by atoms with van der Waals surface area (Å²) in [4.78, 5) is 39.0. The van der Waals surface area contributed by atoms with Crippen LogP contribution in [0.2, 0.25) is 0 Å². The molecule has 0 fully saturated rings. The van der Waals surface area contributed by atoms with Crippen LogP contribution in [0.15, 0.2) is 83.0 Å². The van der Waals surface area contributed by atoms with Crippen LogP contribution in [0.3, 0.4) is 0 Å². The van der Waals surface area contributed by atoms with E-state index in [0.29, 0.717) is 11.4 Å². The summed E-state index contributed by atoms with van der Waals surface area (Å²) >= 11 is 0. The van der Waals surface area contributed by atoms with Gasteiger partial charge >= 0.3 is 5.97 Å². The van der Waals surface area contributed by atoms with Crippen molar-refractivity contribution in [2.24, 2.45) is 10.2 Å². The highest BCUT2D eigenvalue weighted by Crippen LogP contribution is 2.19. The van der Waals surface area contributed by atoms with Gasteiger partial charge < -0.3 is 9.94 Å². The Hall–Kier alpha value is -4.60. The van der Waals surface area contributed by atoms with Gasteiger partial charge in [-0.1, -0.05) is 6.07 Å². The van der Waals surface area contributed by atoms with Crippen molar-refractivity contribution in [3.63, 3.8) is 0 Å². The molecule has 0 aliphatic heterocycles. The van der Waals surface area contributed by atoms with Crippen LogP contribution in [-0.4, -0.2) is 21.9 Å². The quantitative estimate of drug-likeness (QED) is 0.350. The highest BCUT2D eigenvalue weighted by atomic mass is 16.7. The van der Waals surface area contributed by atoms with Crippen LogP contribution >= 0.6 is 0 Å². The van der Waals surface area contributed by atoms with Crippen molar-refractivity contribution in [1.82, 2.24) is 0 Å². The number of hydrogen-bond acceptors (Lipinski definition) is 8. The number of phenols is 1. The number of carbonyl (C=O) groups is 2. The third-order valence-electron chi connectivity index (χ3n) is 3.79. The Labute approximate surface area is 169 Å². The van der Waals surface area contributed by atoms with Crippen molar-refractivity contribution < 1.29 is 24.5 Å². The highest BCUT2D eigenvalue weighted by molar-refractivity contribution is 5.94. The molecule has 0 spiro atoms. The lowest BCUT2D eigenvalue weighted by molar-refractivity contribution is -0.384. The predicted octanol–water partition coefficient (Wildman–Crippen LogP) is 4.41. The molecule has 1 amide bonds. The van der Waals surface area contributed by atoms with Gasteiger partial charge in [0.2, 0.25) is 0 Å². The van der Waals surface area contributed by atoms with Gasteiger partial charge in [0.05, 0.1) is 21.9 Å². The topological polar surface area (TPSA) is 143 Å². The molecule has 0 saturated heterocycles. The van der Waals surface area contributed by atoms with E-state index in [1.807, 2.05) is 0 Å². The molecule has 10 nitrogen and oxygen atoms in total. The second kappa shape index (κ2) is 9.06. The molecular formula is C20H14N4O6. The molecule has 3 aromatic carbocycles. The van der Waals surface area contributed by atoms with Crippen LogP contribution in [0.5, 0.6) is 5.75 Å². The van der Waals surface area contributed by atoms with Crippen LogP contribution in [0.25, 0.3) is 0 Å². The van der Waals surface area contributed by atoms with E-state index >= 15 is 0 Å². The molecule has 0 radical (unpaired) electrons. The lowest BCUT2D eigenvalue weighted by atomic mass is 10.2. The van der Waals surface area contributed by atoms with Crippen molar-refractivity contribution in [3.8, 4) is 5.75 Å². The fourth-order valence-electron chi connectivity index (χ4n) is 2.27. The number of anilines is 1. The number of nitro benzene ring substituents is 1. The van der Waals surface area contributed by atoms with Crippen molar-refractivity contribution in [2.75, 3.05) is 5.48 Å². The number of nitrogens with one attached hydrogen (secondary N) is 1. The van der Waals surface area contributed by atoms with Crippen LogP contribution in [0.4, 0.5) is 17.1 Å². The molecule has 30 heavy (non-hydrogen) atoms. The Morgan fingerprint density at radius 1 is 0.967 bits per heavy atom. The van der Waals surface area contributed by atoms with Gasteiger partial charge in [-0.15, -0.1) is 10.2 Å². The number of nitrogens with zero attached hydrogens (tertiary/aromatic N) is 3. The number of non-ortho nitro benzene ring substituents is 1. The predicted molar refractivity (Wildman–Crippen MR) is 106 cm³/mol. The first kappa shape index (κ1) is 20.1. The number of nitro groups is 1. The Morgan fingerprint density at radius 3 is 2.33 bits per heavy atom. The van der Waals surface area contributed by atoms with Gasteiger partial charge in [-0.3, -0.25) is 14.9 Å². The van der Waals surface area contributed by atoms with Crippen LogP contribution in [0, 0.1) is 10.1 Å². The average Bonchev–Trinajstić information content (AvgIpc) is 2.77. The number of amides is 1. The molecular weight excluding hydrogens is 392 g/mol. The zero-order chi connectivity index (χ0) is 21.5. The van der Waals surface area contributed by atoms with E-state index < -0.39 is 16.8 Å². The second-order valence-electron chi connectivity index (χ2n) is 5.90. The standard InChI is InChI=1S/C20H14N4O6/c25-18-10-4-13(5-11-18)19(26)22-21-15-6-8-16(9-7-15)23-30-20(27)14-2-1-3-17(12-14)24(28)29/h1-12,23,25H. The molecule has 150 valence electrons. The molecule has 0 aromatic heterocycles. The van der Waals surface area contributed by atoms with Crippen molar-refractivity contribution in [3.05, 3.63) is 94.0 Å². The lowest BCUT2D eigenvalue weighted by Crippen LogP contribution is -2.10. The first-order valence-electron chi connectivity index (χ1n) is 8.49. The third-order valence-corrected chi connectivity index (χ3v) is 3.79. The molecule has 0 unspecified atom stereocenters. The van der Waals surface area contributed by atoms with E-state index in [4.69, 9.17) is 4.84 Å². The Balaban J connectivity index is 1.57. The molecule has 0 atom stereocenters. The maximum atomic E-state index is 12.0. The maximum absolute atomic E-state index is 12.0. The van der Waals surface area contributed by atoms with E-state index in [-0.39, 0.29) is 22.6 Å². The lowest BCUT2D eigenvalue weighted by Gasteiger charge is -2.06. The Kier molecular flexibility index (Phi) is 6.08. The summed E-state index contributed by atoms with van der Waals surface area (Å²) in [6.07, 6.45) is 0. The SMILES string of the molecule is O=C(N=Nc1ccc(NOC(=O)c2cccc([N+](=O)[O-])c2)cc1)c1ccc(O)cc1. The molecule has 0 aliphatic carbocycles. The van der Waals surface area contributed by atoms with E-state index in [1.54, 1.807) is 12.1 Å². The summed E-state index contributed by atoms with van der Waals surface area (Å²) in [7, 11) is 0. The van der Waals surface area contributed by atoms with E-state index in [9.17, 15) is 24.8 Å². The first-order chi connectivity index (χ1) is 14.4. The summed E-state index contributed by atoms with van der Waals surface area (Å²) in [6, 6.07) is 16.9. The van der Waals surface area contributed by atoms with Crippen molar-refractivity contribution in [2.45, 2.75) is 0 Å². The summed E-state index contributed by atoms with van der Waals surface area (Å²) in [5.41, 5.74) is 3.32. The summed E-state index contributed by atoms with van der Waals surface area (Å²) in [5.74, 6) is -1.32. The Morgan fingerprint density at radius 2 is 1.67 bits per heavy atom. The summed E-state index contributed by atoms with van der Waals surface area (Å²) in [6.45, 7) is 0. The minimum atomic E-state index is -0.790. The van der Waals surface area contributed by atoms with E-state index in [2.05, 4.69) is 15.7 Å². The number of azo groups is 1. The van der Waals surface area contributed by atoms with Gasteiger partial charge in [0.1, 0.15) is 5.75 Å². The van der Waals surface area contributed by atoms with Crippen molar-refractivity contribution in [1.29, 1.82) is 0 Å². The number of hydrogen-bond donors (Lipinski definition) is 2. The average molecular weight is 406 g/mol. The zero-order valence-electron chi connectivity index (χ0n) is 15.3. The molecule has 3 rings (SSSR count). The normalized spacial score (nSPS) is 10.5. The Bertz CT molecular complexity index is 1110. The number of rotatable bonds is 6. The van der Waals surface area contributed by atoms with Crippen LogP contribution in [-0.2, 0) is 4.84 Å². The zero-order valence-corrected chi connectivity index (χ0v) is 15.3. The molecule has 0 bridgehead atoms. The maximum Gasteiger partial charge on any atom is 0.363 e. The first-order valence-corrected chi connectivity index (χ1v) is 8.49. The molecule has 2 N–H and O–H groups in total. The van der Waals surface area contributed by atoms with Gasteiger partial charge in [-0.25, -0.2) is 10.3 Å². The number of carbonyl (C=O) groups excluding carboxylic acids is 2. The monoisotopic (exact) mass is 406 g/mol. The van der Waals surface area contributed by atoms with Crippen LogP contribution in [0.1, 0.15) is 20.7 Å². The minimum absolute atomic E-state index is 0.0230. The van der Waals surface area contributed by atoms with Crippen LogP contribution < -0.4 is 5.48 Å². The van der Waals surface area contributed by atoms with Gasteiger partial charge in [-0.2, -0.15) is 0 Å². The summed E-state index contributed by atoms with van der Waals surface area (Å²) < 4.78 is 0. The smallest absolute Gasteiger partial charge is 0.363 e. The largest absolute Gasteiger partial charge is 0.508 e. The number of aromatic hydroxyl groups is 1. The molecule has 3 aromatic rings. The number of benzene rings is 3. The molecule has 0 saturated carbocycles. The molecule has 10 heteroatoms. The third kappa shape index (κ3) is 5.23. The number of phenolic OH excluding ortho intramolecular Hbond substituents is 1. The highest BCUT2D eigenvalue weighted by Gasteiger charge is 2.13. The van der Waals surface area contributed by atoms with E-state index in [1.165, 1.54) is 54.6 Å². The minimum Gasteiger partial charge on any atom is -0.508 e. The van der Waals surface area contributed by atoms with E-state index in [0.717, 1.165) is 6.07 Å². The van der Waals surface area contributed by atoms with Gasteiger partial charge in [-0.05, 0) is 54.6 Å². The van der Waals surface area contributed by atoms with Crippen molar-refractivity contribution >= 4 is 28.9 Å². The molecule has 0 aliphatic rings. The second-order valence-corrected chi connectivity index (χ2v) is 5.90.